The summed E-state index contributed by atoms with van der Waals surface area (Å²) in [5.74, 6) is -1.33. The van der Waals surface area contributed by atoms with Gasteiger partial charge in [0.2, 0.25) is 0 Å². The van der Waals surface area contributed by atoms with Crippen LogP contribution in [-0.2, 0) is 6.54 Å². The Bertz CT molecular complexity index is 445. The summed E-state index contributed by atoms with van der Waals surface area (Å²) in [5.41, 5.74) is 1.69. The molecule has 0 saturated carbocycles. The molecule has 2 aromatic rings. The molecule has 78 valence electrons. The molecule has 15 heavy (non-hydrogen) atoms. The minimum absolute atomic E-state index is 0.0461. The van der Waals surface area contributed by atoms with Crippen molar-refractivity contribution < 1.29 is 8.78 Å². The van der Waals surface area contributed by atoms with E-state index in [0.29, 0.717) is 6.54 Å². The maximum Gasteiger partial charge on any atom is 0.168 e. The van der Waals surface area contributed by atoms with Crippen LogP contribution in [0.4, 0.5) is 14.6 Å². The molecule has 2 heterocycles. The highest BCUT2D eigenvalue weighted by Crippen LogP contribution is 2.13. The van der Waals surface area contributed by atoms with Gasteiger partial charge in [0.15, 0.2) is 11.6 Å². The summed E-state index contributed by atoms with van der Waals surface area (Å²) in [7, 11) is 0. The van der Waals surface area contributed by atoms with Crippen molar-refractivity contribution >= 4 is 17.2 Å². The van der Waals surface area contributed by atoms with E-state index in [-0.39, 0.29) is 5.82 Å². The van der Waals surface area contributed by atoms with E-state index in [1.54, 1.807) is 11.7 Å². The lowest BCUT2D eigenvalue weighted by molar-refractivity contribution is 0.575. The molecule has 2 rings (SSSR count). The maximum absolute atomic E-state index is 13.1. The molecule has 0 radical (unpaired) electrons. The molecule has 0 unspecified atom stereocenters. The van der Waals surface area contributed by atoms with E-state index in [2.05, 4.69) is 15.3 Å². The van der Waals surface area contributed by atoms with Crippen LogP contribution in [0.15, 0.2) is 24.0 Å². The maximum atomic E-state index is 13.1. The van der Waals surface area contributed by atoms with Gasteiger partial charge >= 0.3 is 0 Å². The second-order valence-corrected chi connectivity index (χ2v) is 3.78. The first-order valence-electron chi connectivity index (χ1n) is 4.18. The van der Waals surface area contributed by atoms with Crippen molar-refractivity contribution in [2.24, 2.45) is 0 Å². The molecule has 1 N–H and O–H groups in total. The Morgan fingerprint density at radius 1 is 1.33 bits per heavy atom. The molecule has 0 saturated heterocycles. The van der Waals surface area contributed by atoms with Crippen LogP contribution < -0.4 is 5.32 Å². The summed E-state index contributed by atoms with van der Waals surface area (Å²) in [6.07, 6.45) is 2.65. The molecule has 0 atom stereocenters. The molecule has 0 aliphatic carbocycles. The van der Waals surface area contributed by atoms with Crippen LogP contribution in [0.3, 0.4) is 0 Å². The van der Waals surface area contributed by atoms with Crippen LogP contribution in [-0.4, -0.2) is 9.97 Å². The van der Waals surface area contributed by atoms with Crippen LogP contribution in [0.2, 0.25) is 0 Å². The van der Waals surface area contributed by atoms with Gasteiger partial charge in [-0.15, -0.1) is 11.3 Å². The third-order valence-electron chi connectivity index (χ3n) is 1.72. The van der Waals surface area contributed by atoms with Crippen LogP contribution in [0, 0.1) is 11.6 Å². The van der Waals surface area contributed by atoms with Gasteiger partial charge in [-0.3, -0.25) is 4.98 Å². The third-order valence-corrected chi connectivity index (χ3v) is 2.50. The predicted molar refractivity (Wildman–Crippen MR) is 53.6 cm³/mol. The molecule has 3 nitrogen and oxygen atoms in total. The van der Waals surface area contributed by atoms with E-state index in [4.69, 9.17) is 0 Å². The number of rotatable bonds is 3. The smallest absolute Gasteiger partial charge is 0.168 e. The molecule has 0 aliphatic heterocycles. The van der Waals surface area contributed by atoms with E-state index in [1.165, 1.54) is 11.3 Å². The van der Waals surface area contributed by atoms with Crippen LogP contribution in [0.5, 0.6) is 0 Å². The second-order valence-electron chi connectivity index (χ2n) is 2.81. The Morgan fingerprint density at radius 3 is 2.87 bits per heavy atom. The van der Waals surface area contributed by atoms with Gasteiger partial charge in [0.05, 0.1) is 18.3 Å². The Kier molecular flexibility index (Phi) is 2.86. The highest BCUT2D eigenvalue weighted by Gasteiger charge is 2.04. The quantitative estimate of drug-likeness (QED) is 0.875. The monoisotopic (exact) mass is 227 g/mol. The number of hydrogen-bond acceptors (Lipinski definition) is 4. The molecule has 0 spiro atoms. The van der Waals surface area contributed by atoms with Crippen molar-refractivity contribution in [3.05, 3.63) is 40.5 Å². The van der Waals surface area contributed by atoms with Gasteiger partial charge in [0.1, 0.15) is 5.82 Å². The first-order valence-corrected chi connectivity index (χ1v) is 5.06. The number of thiazole rings is 1. The van der Waals surface area contributed by atoms with Crippen molar-refractivity contribution in [2.75, 3.05) is 5.32 Å². The summed E-state index contributed by atoms with van der Waals surface area (Å²) < 4.78 is 25.6. The van der Waals surface area contributed by atoms with Gasteiger partial charge < -0.3 is 5.32 Å². The summed E-state index contributed by atoms with van der Waals surface area (Å²) in [5, 5.41) is 2.76. The van der Waals surface area contributed by atoms with Crippen molar-refractivity contribution in [1.29, 1.82) is 0 Å². The first-order chi connectivity index (χ1) is 7.25. The number of anilines is 1. The summed E-state index contributed by atoms with van der Waals surface area (Å²) in [6, 6.07) is 0.794. The second kappa shape index (κ2) is 4.31. The minimum atomic E-state index is -0.695. The molecule has 0 amide bonds. The number of aromatic nitrogens is 2. The van der Waals surface area contributed by atoms with Crippen molar-refractivity contribution in [1.82, 2.24) is 9.97 Å². The standard InChI is InChI=1S/C9H7F2N3S/c10-6-1-8(11)9(13-2-6)14-4-7-3-12-5-15-7/h1-3,5H,4H2,(H,13,14). The average Bonchev–Trinajstić information content (AvgIpc) is 2.69. The lowest BCUT2D eigenvalue weighted by Gasteiger charge is -2.04. The number of pyridine rings is 1. The van der Waals surface area contributed by atoms with Crippen LogP contribution in [0.25, 0.3) is 0 Å². The van der Waals surface area contributed by atoms with Crippen LogP contribution >= 0.6 is 11.3 Å². The number of halogens is 2. The van der Waals surface area contributed by atoms with Gasteiger partial charge in [0.25, 0.3) is 0 Å². The normalized spacial score (nSPS) is 10.3. The molecular weight excluding hydrogens is 220 g/mol. The van der Waals surface area contributed by atoms with E-state index in [9.17, 15) is 8.78 Å². The third kappa shape index (κ3) is 2.47. The Hall–Kier alpha value is -1.56. The lowest BCUT2D eigenvalue weighted by atomic mass is 10.4. The topological polar surface area (TPSA) is 37.8 Å². The van der Waals surface area contributed by atoms with Crippen molar-refractivity contribution in [3.63, 3.8) is 0 Å². The Labute approximate surface area is 88.8 Å². The van der Waals surface area contributed by atoms with Crippen molar-refractivity contribution in [2.45, 2.75) is 6.54 Å². The molecule has 0 aromatic carbocycles. The Balaban J connectivity index is 2.05. The molecule has 0 aliphatic rings. The average molecular weight is 227 g/mol. The predicted octanol–water partition coefficient (Wildman–Crippen LogP) is 2.43. The fourth-order valence-electron chi connectivity index (χ4n) is 1.04. The largest absolute Gasteiger partial charge is 0.363 e. The van der Waals surface area contributed by atoms with Gasteiger partial charge in [0, 0.05) is 17.1 Å². The van der Waals surface area contributed by atoms with Crippen molar-refractivity contribution in [3.8, 4) is 0 Å². The van der Waals surface area contributed by atoms with E-state index < -0.39 is 11.6 Å². The number of nitrogens with one attached hydrogen (secondary N) is 1. The molecular formula is C9H7F2N3S. The number of hydrogen-bond donors (Lipinski definition) is 1. The highest BCUT2D eigenvalue weighted by atomic mass is 32.1. The van der Waals surface area contributed by atoms with Gasteiger partial charge in [-0.25, -0.2) is 13.8 Å². The highest BCUT2D eigenvalue weighted by molar-refractivity contribution is 7.09. The fourth-order valence-corrected chi connectivity index (χ4v) is 1.58. The molecule has 2 aromatic heterocycles. The molecule has 0 fully saturated rings. The lowest BCUT2D eigenvalue weighted by Crippen LogP contribution is -2.02. The first kappa shape index (κ1) is 9.97. The summed E-state index contributed by atoms with van der Waals surface area (Å²) >= 11 is 1.45. The number of nitrogens with zero attached hydrogens (tertiary/aromatic N) is 2. The summed E-state index contributed by atoms with van der Waals surface area (Å²) in [6.45, 7) is 0.431. The molecule has 6 heteroatoms. The Morgan fingerprint density at radius 2 is 2.20 bits per heavy atom. The van der Waals surface area contributed by atoms with E-state index >= 15 is 0 Å². The zero-order valence-corrected chi connectivity index (χ0v) is 8.39. The zero-order chi connectivity index (χ0) is 10.7. The van der Waals surface area contributed by atoms with Gasteiger partial charge in [-0.2, -0.15) is 0 Å². The summed E-state index contributed by atoms with van der Waals surface area (Å²) in [4.78, 5) is 8.43. The van der Waals surface area contributed by atoms with E-state index in [1.807, 2.05) is 0 Å². The SMILES string of the molecule is Fc1cnc(NCc2cncs2)c(F)c1. The minimum Gasteiger partial charge on any atom is -0.363 e. The van der Waals surface area contributed by atoms with E-state index in [0.717, 1.165) is 17.1 Å². The molecule has 0 bridgehead atoms. The van der Waals surface area contributed by atoms with Crippen LogP contribution in [0.1, 0.15) is 4.88 Å². The zero-order valence-electron chi connectivity index (χ0n) is 7.58. The van der Waals surface area contributed by atoms with Gasteiger partial charge in [-0.1, -0.05) is 0 Å². The van der Waals surface area contributed by atoms with Gasteiger partial charge in [-0.05, 0) is 0 Å². The fraction of sp³-hybridized carbons (Fsp3) is 0.111.